The predicted octanol–water partition coefficient (Wildman–Crippen LogP) is 3.81. The van der Waals surface area contributed by atoms with E-state index < -0.39 is 0 Å². The molecule has 2 aromatic carbocycles. The minimum atomic E-state index is 0.214. The molecule has 3 rings (SSSR count). The van der Waals surface area contributed by atoms with E-state index >= 15 is 0 Å². The second kappa shape index (κ2) is 4.35. The molecule has 4 heteroatoms. The molecule has 0 unspecified atom stereocenters. The molecule has 90 valence electrons. The lowest BCUT2D eigenvalue weighted by Gasteiger charge is -1.98. The molecule has 1 heterocycles. The molecule has 0 saturated carbocycles. The van der Waals surface area contributed by atoms with E-state index in [-0.39, 0.29) is 5.88 Å². The molecule has 0 fully saturated rings. The molecule has 0 aliphatic rings. The van der Waals surface area contributed by atoms with E-state index in [1.807, 2.05) is 42.5 Å². The zero-order chi connectivity index (χ0) is 12.5. The van der Waals surface area contributed by atoms with Gasteiger partial charge >= 0.3 is 0 Å². The van der Waals surface area contributed by atoms with E-state index in [0.29, 0.717) is 5.84 Å². The van der Waals surface area contributed by atoms with Gasteiger partial charge in [0.05, 0.1) is 17.0 Å². The van der Waals surface area contributed by atoms with E-state index in [1.54, 1.807) is 0 Å². The summed E-state index contributed by atoms with van der Waals surface area (Å²) in [4.78, 5) is 4.33. The third-order valence-electron chi connectivity index (χ3n) is 2.78. The number of benzene rings is 2. The number of alkyl halides is 1. The third kappa shape index (κ3) is 1.73. The average Bonchev–Trinajstić information content (AvgIpc) is 2.78. The average molecular weight is 259 g/mol. The maximum atomic E-state index is 5.77. The smallest absolute Gasteiger partial charge is 0.137 e. The lowest BCUT2D eigenvalue weighted by Crippen LogP contribution is -2.12. The van der Waals surface area contributed by atoms with Gasteiger partial charge in [0.1, 0.15) is 17.0 Å². The Morgan fingerprint density at radius 3 is 2.72 bits per heavy atom. The maximum Gasteiger partial charge on any atom is 0.137 e. The summed E-state index contributed by atoms with van der Waals surface area (Å²) in [6.07, 6.45) is 0. The van der Waals surface area contributed by atoms with Crippen LogP contribution in [-0.4, -0.2) is 11.7 Å². The van der Waals surface area contributed by atoms with E-state index in [2.05, 4.69) is 4.99 Å². The second-order valence-electron chi connectivity index (χ2n) is 3.99. The summed E-state index contributed by atoms with van der Waals surface area (Å²) in [6.45, 7) is 0. The lowest BCUT2D eigenvalue weighted by molar-refractivity contribution is 0.669. The molecule has 0 spiro atoms. The number of para-hydroxylation sites is 1. The molecule has 3 nitrogen and oxygen atoms in total. The van der Waals surface area contributed by atoms with Crippen LogP contribution in [0.25, 0.3) is 21.9 Å². The first-order valence-electron chi connectivity index (χ1n) is 5.59. The van der Waals surface area contributed by atoms with Crippen LogP contribution in [0.2, 0.25) is 0 Å². The minimum absolute atomic E-state index is 0.214. The normalized spacial score (nSPS) is 12.4. The predicted molar refractivity (Wildman–Crippen MR) is 75.7 cm³/mol. The van der Waals surface area contributed by atoms with Crippen LogP contribution in [0, 0.1) is 0 Å². The number of amidine groups is 1. The van der Waals surface area contributed by atoms with E-state index in [1.165, 1.54) is 0 Å². The lowest BCUT2D eigenvalue weighted by atomic mass is 10.1. The molecule has 0 aliphatic carbocycles. The molecule has 0 atom stereocenters. The quantitative estimate of drug-likeness (QED) is 0.432. The van der Waals surface area contributed by atoms with Gasteiger partial charge in [-0.25, -0.2) is 4.99 Å². The van der Waals surface area contributed by atoms with Crippen molar-refractivity contribution in [1.29, 1.82) is 0 Å². The number of nitrogens with zero attached hydrogens (tertiary/aromatic N) is 1. The van der Waals surface area contributed by atoms with Crippen molar-refractivity contribution in [3.8, 4) is 0 Å². The number of fused-ring (bicyclic) bond motifs is 3. The molecule has 3 aromatic rings. The fraction of sp³-hybridized carbons (Fsp3) is 0.0714. The number of rotatable bonds is 2. The standard InChI is InChI=1S/C14H11ClN2O/c15-8-13(16)17-10-5-3-7-12-14(10)9-4-1-2-6-11(9)18-12/h1-7H,8H2,(H2,16,17). The zero-order valence-electron chi connectivity index (χ0n) is 9.56. The highest BCUT2D eigenvalue weighted by Crippen LogP contribution is 2.35. The first kappa shape index (κ1) is 11.1. The van der Waals surface area contributed by atoms with Crippen LogP contribution in [0.15, 0.2) is 51.9 Å². The van der Waals surface area contributed by atoms with Crippen molar-refractivity contribution >= 4 is 45.1 Å². The van der Waals surface area contributed by atoms with Crippen molar-refractivity contribution < 1.29 is 4.42 Å². The van der Waals surface area contributed by atoms with Gasteiger partial charge in [-0.3, -0.25) is 0 Å². The van der Waals surface area contributed by atoms with Crippen LogP contribution in [-0.2, 0) is 0 Å². The Bertz CT molecular complexity index is 746. The summed E-state index contributed by atoms with van der Waals surface area (Å²) >= 11 is 5.67. The van der Waals surface area contributed by atoms with Crippen LogP contribution in [0.5, 0.6) is 0 Å². The highest BCUT2D eigenvalue weighted by Gasteiger charge is 2.09. The molecular weight excluding hydrogens is 248 g/mol. The summed E-state index contributed by atoms with van der Waals surface area (Å²) in [5.41, 5.74) is 8.14. The SMILES string of the molecule is NC(CCl)=Nc1cccc2oc3ccccc3c12. The molecule has 0 amide bonds. The van der Waals surface area contributed by atoms with Crippen molar-refractivity contribution in [3.05, 3.63) is 42.5 Å². The Labute approximate surface area is 109 Å². The number of hydrogen-bond acceptors (Lipinski definition) is 2. The van der Waals surface area contributed by atoms with Gasteiger partial charge in [-0.2, -0.15) is 0 Å². The fourth-order valence-corrected chi connectivity index (χ4v) is 2.09. The highest BCUT2D eigenvalue weighted by molar-refractivity contribution is 6.28. The Morgan fingerprint density at radius 1 is 1.11 bits per heavy atom. The van der Waals surface area contributed by atoms with E-state index in [0.717, 1.165) is 27.6 Å². The van der Waals surface area contributed by atoms with Crippen LogP contribution >= 0.6 is 11.6 Å². The maximum absolute atomic E-state index is 5.77. The molecule has 0 saturated heterocycles. The minimum Gasteiger partial charge on any atom is -0.456 e. The van der Waals surface area contributed by atoms with Gasteiger partial charge in [0.15, 0.2) is 0 Å². The van der Waals surface area contributed by atoms with Gasteiger partial charge in [-0.1, -0.05) is 24.3 Å². The Kier molecular flexibility index (Phi) is 2.68. The molecular formula is C14H11ClN2O. The first-order chi connectivity index (χ1) is 8.79. The number of aliphatic imine (C=N–C) groups is 1. The van der Waals surface area contributed by atoms with Gasteiger partial charge in [0, 0.05) is 5.39 Å². The summed E-state index contributed by atoms with van der Waals surface area (Å²) in [6, 6.07) is 13.6. The second-order valence-corrected chi connectivity index (χ2v) is 4.25. The van der Waals surface area contributed by atoms with Crippen molar-refractivity contribution in [3.63, 3.8) is 0 Å². The molecule has 0 radical (unpaired) electrons. The highest BCUT2D eigenvalue weighted by atomic mass is 35.5. The summed E-state index contributed by atoms with van der Waals surface area (Å²) in [5.74, 6) is 0.612. The van der Waals surface area contributed by atoms with Crippen LogP contribution in [0.3, 0.4) is 0 Å². The Balaban J connectivity index is 2.38. The van der Waals surface area contributed by atoms with Crippen molar-refractivity contribution in [2.24, 2.45) is 10.7 Å². The van der Waals surface area contributed by atoms with Gasteiger partial charge < -0.3 is 10.2 Å². The van der Waals surface area contributed by atoms with Gasteiger partial charge in [-0.15, -0.1) is 11.6 Å². The summed E-state index contributed by atoms with van der Waals surface area (Å²) < 4.78 is 5.77. The molecule has 0 bridgehead atoms. The van der Waals surface area contributed by atoms with E-state index in [4.69, 9.17) is 21.8 Å². The van der Waals surface area contributed by atoms with Gasteiger partial charge in [0.25, 0.3) is 0 Å². The van der Waals surface area contributed by atoms with Crippen molar-refractivity contribution in [2.75, 3.05) is 5.88 Å². The number of furan rings is 1. The van der Waals surface area contributed by atoms with Gasteiger partial charge in [-0.05, 0) is 18.2 Å². The van der Waals surface area contributed by atoms with Crippen molar-refractivity contribution in [1.82, 2.24) is 0 Å². The Hall–Kier alpha value is -2.00. The van der Waals surface area contributed by atoms with Gasteiger partial charge in [0.2, 0.25) is 0 Å². The van der Waals surface area contributed by atoms with Crippen LogP contribution in [0.1, 0.15) is 0 Å². The first-order valence-corrected chi connectivity index (χ1v) is 6.12. The van der Waals surface area contributed by atoms with E-state index in [9.17, 15) is 0 Å². The molecule has 0 aliphatic heterocycles. The topological polar surface area (TPSA) is 51.5 Å². The molecule has 2 N–H and O–H groups in total. The van der Waals surface area contributed by atoms with Crippen LogP contribution in [0.4, 0.5) is 5.69 Å². The monoisotopic (exact) mass is 258 g/mol. The number of hydrogen-bond donors (Lipinski definition) is 1. The number of halogens is 1. The fourth-order valence-electron chi connectivity index (χ4n) is 2.03. The largest absolute Gasteiger partial charge is 0.456 e. The number of nitrogens with two attached hydrogens (primary N) is 1. The van der Waals surface area contributed by atoms with Crippen molar-refractivity contribution in [2.45, 2.75) is 0 Å². The molecule has 18 heavy (non-hydrogen) atoms. The summed E-state index contributed by atoms with van der Waals surface area (Å²) in [5, 5.41) is 2.01. The Morgan fingerprint density at radius 2 is 1.89 bits per heavy atom. The zero-order valence-corrected chi connectivity index (χ0v) is 10.3. The molecule has 1 aromatic heterocycles. The third-order valence-corrected chi connectivity index (χ3v) is 3.06. The summed E-state index contributed by atoms with van der Waals surface area (Å²) in [7, 11) is 0. The van der Waals surface area contributed by atoms with Crippen LogP contribution < -0.4 is 5.73 Å².